The van der Waals surface area contributed by atoms with Crippen molar-refractivity contribution in [3.8, 4) is 0 Å². The largest absolute Gasteiger partial charge is 0.371 e. The normalized spacial score (nSPS) is 27.3. The summed E-state index contributed by atoms with van der Waals surface area (Å²) in [7, 11) is -1.05. The lowest BCUT2D eigenvalue weighted by Gasteiger charge is -2.41. The van der Waals surface area contributed by atoms with Crippen LogP contribution in [0.5, 0.6) is 0 Å². The second-order valence-electron chi connectivity index (χ2n) is 11.2. The van der Waals surface area contributed by atoms with Crippen LogP contribution in [-0.2, 0) is 35.6 Å². The molecule has 0 radical (unpaired) electrons. The minimum Gasteiger partial charge on any atom is -0.371 e. The molecule has 1 saturated carbocycles. The van der Waals surface area contributed by atoms with Crippen molar-refractivity contribution in [1.29, 1.82) is 0 Å². The Morgan fingerprint density at radius 3 is 2.47 bits per heavy atom. The number of nitrogens with one attached hydrogen (secondary N) is 2. The average molecular weight is 502 g/mol. The summed E-state index contributed by atoms with van der Waals surface area (Å²) in [6.45, 7) is 4.16. The molecule has 3 aromatic rings. The highest BCUT2D eigenvalue weighted by molar-refractivity contribution is 7.85. The summed E-state index contributed by atoms with van der Waals surface area (Å²) in [4.78, 5) is 23.6. The number of aromatic amines is 1. The maximum Gasteiger partial charge on any atom is 0.227 e. The lowest BCUT2D eigenvalue weighted by molar-refractivity contribution is 0.268. The first kappa shape index (κ1) is 21.2. The first-order valence-electron chi connectivity index (χ1n) is 13.3. The number of aromatic nitrogens is 4. The van der Waals surface area contributed by atoms with E-state index in [2.05, 4.69) is 43.3 Å². The number of fused-ring (bicyclic) bond motifs is 3. The van der Waals surface area contributed by atoms with Gasteiger partial charge in [0.15, 0.2) is 0 Å². The molecule has 8 rings (SSSR count). The van der Waals surface area contributed by atoms with Gasteiger partial charge in [0.1, 0.15) is 16.5 Å². The fourth-order valence-corrected chi connectivity index (χ4v) is 8.17. The van der Waals surface area contributed by atoms with E-state index in [9.17, 15) is 4.21 Å². The van der Waals surface area contributed by atoms with E-state index in [1.165, 1.54) is 29.7 Å². The molecule has 36 heavy (non-hydrogen) atoms. The number of rotatable bonds is 5. The first-order valence-corrected chi connectivity index (χ1v) is 14.7. The Morgan fingerprint density at radius 1 is 1.00 bits per heavy atom. The van der Waals surface area contributed by atoms with Crippen LogP contribution in [0.25, 0.3) is 0 Å². The van der Waals surface area contributed by atoms with Crippen LogP contribution in [0.4, 0.5) is 17.5 Å². The van der Waals surface area contributed by atoms with E-state index in [4.69, 9.17) is 9.97 Å². The van der Waals surface area contributed by atoms with Crippen LogP contribution in [-0.4, -0.2) is 56.1 Å². The summed E-state index contributed by atoms with van der Waals surface area (Å²) in [6, 6.07) is 7.05. The number of nitrogens with zero attached hydrogens (tertiary/aromatic N) is 5. The fraction of sp³-hybridized carbons (Fsp3) is 0.519. The van der Waals surface area contributed by atoms with Gasteiger partial charge in [-0.3, -0.25) is 4.21 Å². The molecule has 0 spiro atoms. The van der Waals surface area contributed by atoms with Crippen LogP contribution >= 0.6 is 0 Å². The van der Waals surface area contributed by atoms with Crippen molar-refractivity contribution < 1.29 is 4.21 Å². The standard InChI is InChI=1S/C27H31N7OS/c35-36-11-6-22-23(36)24(32-27(7-1-8-27)25-28-9-10-29-25)31-26(30-22)34-15-19-13-33(14-20(19)16-34)21-5-4-17-2-3-18(17)12-21/h4-5,9-10,12,19-20H,1-3,6-8,11,13-16H2,(H,28,29)(H,30,31,32). The molecular weight excluding hydrogens is 470 g/mol. The van der Waals surface area contributed by atoms with E-state index in [0.717, 1.165) is 80.0 Å². The Labute approximate surface area is 213 Å². The van der Waals surface area contributed by atoms with Gasteiger partial charge in [0.05, 0.1) is 22.0 Å². The molecule has 8 nitrogen and oxygen atoms in total. The predicted molar refractivity (Wildman–Crippen MR) is 140 cm³/mol. The number of hydrogen-bond acceptors (Lipinski definition) is 7. The number of H-pyrrole nitrogens is 1. The number of imidazole rings is 1. The SMILES string of the molecule is O=S1CCc2nc(N3CC4CN(c5ccc6c(c5)CC6)CC4C3)nc(NC3(c4ncc[nH]4)CCC3)c21. The van der Waals surface area contributed by atoms with E-state index in [0.29, 0.717) is 17.6 Å². The van der Waals surface area contributed by atoms with Crippen LogP contribution in [0.1, 0.15) is 41.9 Å². The number of hydrogen-bond donors (Lipinski definition) is 2. The van der Waals surface area contributed by atoms with Crippen molar-refractivity contribution >= 4 is 28.3 Å². The lowest BCUT2D eigenvalue weighted by Crippen LogP contribution is -2.43. The Balaban J connectivity index is 1.05. The fourth-order valence-electron chi connectivity index (χ4n) is 6.86. The minimum atomic E-state index is -1.05. The molecule has 0 amide bonds. The second kappa shape index (κ2) is 7.78. The van der Waals surface area contributed by atoms with Crippen molar-refractivity contribution in [2.24, 2.45) is 11.8 Å². The summed E-state index contributed by atoms with van der Waals surface area (Å²) in [5, 5.41) is 3.71. The van der Waals surface area contributed by atoms with Crippen molar-refractivity contribution in [2.75, 3.05) is 47.0 Å². The van der Waals surface area contributed by atoms with Gasteiger partial charge in [-0.05, 0) is 55.4 Å². The average Bonchev–Trinajstić information content (AvgIpc) is 3.61. The summed E-state index contributed by atoms with van der Waals surface area (Å²) in [5.41, 5.74) is 5.15. The Kier molecular flexibility index (Phi) is 4.57. The Morgan fingerprint density at radius 2 is 1.81 bits per heavy atom. The Hall–Kier alpha value is -2.94. The highest BCUT2D eigenvalue weighted by Crippen LogP contribution is 2.45. The van der Waals surface area contributed by atoms with Gasteiger partial charge < -0.3 is 20.1 Å². The van der Waals surface area contributed by atoms with Crippen LogP contribution < -0.4 is 15.1 Å². The number of aryl methyl sites for hydroxylation is 3. The molecule has 9 heteroatoms. The summed E-state index contributed by atoms with van der Waals surface area (Å²) in [6.07, 6.45) is 10.0. The zero-order valence-corrected chi connectivity index (χ0v) is 21.2. The molecular formula is C27H31N7OS. The molecule has 1 aromatic carbocycles. The smallest absolute Gasteiger partial charge is 0.227 e. The highest BCUT2D eigenvalue weighted by Gasteiger charge is 2.44. The lowest BCUT2D eigenvalue weighted by atomic mass is 9.76. The van der Waals surface area contributed by atoms with Crippen LogP contribution in [0.3, 0.4) is 0 Å². The van der Waals surface area contributed by atoms with Crippen molar-refractivity contribution in [2.45, 2.75) is 49.0 Å². The van der Waals surface area contributed by atoms with Crippen molar-refractivity contribution in [3.63, 3.8) is 0 Å². The summed E-state index contributed by atoms with van der Waals surface area (Å²) in [5.74, 6) is 4.38. The molecule has 186 valence electrons. The zero-order valence-electron chi connectivity index (χ0n) is 20.4. The maximum absolute atomic E-state index is 12.9. The molecule has 2 saturated heterocycles. The van der Waals surface area contributed by atoms with E-state index >= 15 is 0 Å². The monoisotopic (exact) mass is 501 g/mol. The van der Waals surface area contributed by atoms with Gasteiger partial charge in [-0.15, -0.1) is 0 Å². The third-order valence-electron chi connectivity index (χ3n) is 9.18. The molecule has 3 unspecified atom stereocenters. The van der Waals surface area contributed by atoms with Gasteiger partial charge in [-0.1, -0.05) is 6.07 Å². The topological polar surface area (TPSA) is 90.0 Å². The van der Waals surface area contributed by atoms with Gasteiger partial charge in [-0.25, -0.2) is 9.97 Å². The number of benzene rings is 1. The molecule has 3 aliphatic heterocycles. The van der Waals surface area contributed by atoms with Crippen LogP contribution in [0.2, 0.25) is 0 Å². The van der Waals surface area contributed by atoms with Gasteiger partial charge in [0.25, 0.3) is 0 Å². The van der Waals surface area contributed by atoms with E-state index in [1.54, 1.807) is 6.20 Å². The second-order valence-corrected chi connectivity index (χ2v) is 12.7. The molecule has 2 aromatic heterocycles. The molecule has 2 N–H and O–H groups in total. The Bertz CT molecular complexity index is 1350. The third-order valence-corrected chi connectivity index (χ3v) is 10.6. The van der Waals surface area contributed by atoms with Gasteiger partial charge >= 0.3 is 0 Å². The van der Waals surface area contributed by atoms with E-state index in [-0.39, 0.29) is 5.54 Å². The quantitative estimate of drug-likeness (QED) is 0.555. The number of anilines is 3. The third kappa shape index (κ3) is 3.17. The van der Waals surface area contributed by atoms with E-state index < -0.39 is 10.8 Å². The summed E-state index contributed by atoms with van der Waals surface area (Å²) < 4.78 is 12.9. The molecule has 0 bridgehead atoms. The molecule has 2 aliphatic carbocycles. The zero-order chi connectivity index (χ0) is 23.9. The van der Waals surface area contributed by atoms with E-state index in [1.807, 2.05) is 6.20 Å². The van der Waals surface area contributed by atoms with Crippen molar-refractivity contribution in [3.05, 3.63) is 53.2 Å². The van der Waals surface area contributed by atoms with Crippen LogP contribution in [0.15, 0.2) is 35.5 Å². The molecule has 5 heterocycles. The molecule has 5 aliphatic rings. The predicted octanol–water partition coefficient (Wildman–Crippen LogP) is 3.03. The van der Waals surface area contributed by atoms with Gasteiger partial charge in [0.2, 0.25) is 5.95 Å². The van der Waals surface area contributed by atoms with Gasteiger partial charge in [-0.2, -0.15) is 4.98 Å². The highest BCUT2D eigenvalue weighted by atomic mass is 32.2. The van der Waals surface area contributed by atoms with Gasteiger partial charge in [0, 0.05) is 68.3 Å². The van der Waals surface area contributed by atoms with Crippen molar-refractivity contribution in [1.82, 2.24) is 19.9 Å². The summed E-state index contributed by atoms with van der Waals surface area (Å²) >= 11 is 0. The molecule has 3 fully saturated rings. The minimum absolute atomic E-state index is 0.255. The maximum atomic E-state index is 12.9. The first-order chi connectivity index (χ1) is 17.6. The molecule has 3 atom stereocenters. The van der Waals surface area contributed by atoms with Crippen LogP contribution in [0, 0.1) is 11.8 Å².